The Hall–Kier alpha value is -2.82. The molecular weight excluding hydrogens is 350 g/mol. The van der Waals surface area contributed by atoms with E-state index >= 15 is 0 Å². The van der Waals surface area contributed by atoms with Crippen molar-refractivity contribution < 1.29 is 9.59 Å². The van der Waals surface area contributed by atoms with Gasteiger partial charge >= 0.3 is 0 Å². The molecule has 5 nitrogen and oxygen atoms in total. The first-order valence-electron chi connectivity index (χ1n) is 9.98. The number of anilines is 3. The molecule has 148 valence electrons. The maximum absolute atomic E-state index is 12.7. The molecule has 0 saturated heterocycles. The van der Waals surface area contributed by atoms with Crippen LogP contribution in [0.2, 0.25) is 0 Å². The summed E-state index contributed by atoms with van der Waals surface area (Å²) in [6.07, 6.45) is 1.86. The van der Waals surface area contributed by atoms with Crippen LogP contribution in [0.25, 0.3) is 0 Å². The molecule has 0 aliphatic carbocycles. The van der Waals surface area contributed by atoms with Gasteiger partial charge in [-0.25, -0.2) is 0 Å². The number of hydrogen-bond acceptors (Lipinski definition) is 3. The van der Waals surface area contributed by atoms with Crippen LogP contribution in [-0.2, 0) is 16.0 Å². The lowest BCUT2D eigenvalue weighted by Crippen LogP contribution is -2.32. The Labute approximate surface area is 167 Å². The monoisotopic (exact) mass is 379 g/mol. The Morgan fingerprint density at radius 1 is 1.14 bits per heavy atom. The van der Waals surface area contributed by atoms with Gasteiger partial charge in [-0.3, -0.25) is 9.59 Å². The Balaban J connectivity index is 1.68. The number of nitrogens with zero attached hydrogens (tertiary/aromatic N) is 1. The lowest BCUT2D eigenvalue weighted by Gasteiger charge is -2.20. The summed E-state index contributed by atoms with van der Waals surface area (Å²) >= 11 is 0. The van der Waals surface area contributed by atoms with Crippen LogP contribution in [0.1, 0.15) is 51.2 Å². The molecule has 3 rings (SSSR count). The van der Waals surface area contributed by atoms with E-state index in [1.54, 1.807) is 11.8 Å². The Morgan fingerprint density at radius 2 is 1.89 bits per heavy atom. The van der Waals surface area contributed by atoms with Gasteiger partial charge in [0.1, 0.15) is 6.04 Å². The van der Waals surface area contributed by atoms with Crippen LogP contribution in [0.3, 0.4) is 0 Å². The number of fused-ring (bicyclic) bond motifs is 1. The van der Waals surface area contributed by atoms with Crippen LogP contribution in [-0.4, -0.2) is 24.4 Å². The maximum Gasteiger partial charge on any atom is 0.246 e. The second-order valence-electron chi connectivity index (χ2n) is 7.52. The number of hydrogen-bond donors (Lipinski definition) is 2. The van der Waals surface area contributed by atoms with Crippen LogP contribution in [0, 0.1) is 0 Å². The Kier molecular flexibility index (Phi) is 6.02. The topological polar surface area (TPSA) is 61.4 Å². The summed E-state index contributed by atoms with van der Waals surface area (Å²) in [5.41, 5.74) is 5.03. The highest BCUT2D eigenvalue weighted by Crippen LogP contribution is 2.31. The van der Waals surface area contributed by atoms with Crippen LogP contribution in [0.15, 0.2) is 42.5 Å². The quantitative estimate of drug-likeness (QED) is 0.774. The first kappa shape index (κ1) is 19.9. The molecular formula is C23H29N3O2. The minimum absolute atomic E-state index is 0.0622. The van der Waals surface area contributed by atoms with Gasteiger partial charge in [-0.15, -0.1) is 0 Å². The fourth-order valence-electron chi connectivity index (χ4n) is 3.64. The number of nitrogens with one attached hydrogen (secondary N) is 2. The first-order chi connectivity index (χ1) is 13.4. The van der Waals surface area contributed by atoms with Gasteiger partial charge in [0.2, 0.25) is 11.8 Å². The van der Waals surface area contributed by atoms with E-state index in [0.29, 0.717) is 5.92 Å². The fraction of sp³-hybridized carbons (Fsp3) is 0.391. The van der Waals surface area contributed by atoms with E-state index < -0.39 is 0 Å². The summed E-state index contributed by atoms with van der Waals surface area (Å²) in [5.74, 6) is 0.384. The van der Waals surface area contributed by atoms with Crippen molar-refractivity contribution in [2.24, 2.45) is 0 Å². The third kappa shape index (κ3) is 4.19. The van der Waals surface area contributed by atoms with Crippen LogP contribution < -0.4 is 15.5 Å². The predicted molar refractivity (Wildman–Crippen MR) is 115 cm³/mol. The second kappa shape index (κ2) is 8.46. The highest BCUT2D eigenvalue weighted by atomic mass is 16.2. The molecule has 1 aliphatic heterocycles. The Morgan fingerprint density at radius 3 is 2.61 bits per heavy atom. The molecule has 2 unspecified atom stereocenters. The lowest BCUT2D eigenvalue weighted by atomic mass is 9.97. The highest BCUT2D eigenvalue weighted by Gasteiger charge is 2.23. The molecule has 2 atom stereocenters. The summed E-state index contributed by atoms with van der Waals surface area (Å²) < 4.78 is 0. The van der Waals surface area contributed by atoms with Crippen molar-refractivity contribution in [1.82, 2.24) is 0 Å². The standard InChI is InChI=1S/C23H29N3O2/c1-5-15(2)20-8-6-7-9-21(20)25-23(28)16(3)24-19-10-11-22-18(14-19)12-13-26(22)17(4)27/h6-11,14-16,24H,5,12-13H2,1-4H3,(H,25,28). The average Bonchev–Trinajstić information content (AvgIpc) is 3.11. The van der Waals surface area contributed by atoms with Gasteiger partial charge in [0, 0.05) is 30.5 Å². The van der Waals surface area contributed by atoms with E-state index in [-0.39, 0.29) is 17.9 Å². The Bertz CT molecular complexity index is 878. The summed E-state index contributed by atoms with van der Waals surface area (Å²) in [7, 11) is 0. The van der Waals surface area contributed by atoms with Gasteiger partial charge < -0.3 is 15.5 Å². The van der Waals surface area contributed by atoms with Crippen molar-refractivity contribution in [1.29, 1.82) is 0 Å². The molecule has 2 N–H and O–H groups in total. The molecule has 0 fully saturated rings. The van der Waals surface area contributed by atoms with Gasteiger partial charge in [-0.05, 0) is 61.1 Å². The van der Waals surface area contributed by atoms with Gasteiger partial charge in [-0.2, -0.15) is 0 Å². The van der Waals surface area contributed by atoms with Crippen LogP contribution in [0.5, 0.6) is 0 Å². The number of carbonyl (C=O) groups is 2. The number of rotatable bonds is 6. The number of benzene rings is 2. The third-order valence-corrected chi connectivity index (χ3v) is 5.49. The van der Waals surface area contributed by atoms with E-state index in [9.17, 15) is 9.59 Å². The van der Waals surface area contributed by atoms with Crippen LogP contribution in [0.4, 0.5) is 17.1 Å². The molecule has 28 heavy (non-hydrogen) atoms. The third-order valence-electron chi connectivity index (χ3n) is 5.49. The number of amides is 2. The van der Waals surface area contributed by atoms with E-state index in [0.717, 1.165) is 47.6 Å². The van der Waals surface area contributed by atoms with Gasteiger partial charge in [0.25, 0.3) is 0 Å². The van der Waals surface area contributed by atoms with E-state index in [1.165, 1.54) is 0 Å². The molecule has 0 spiro atoms. The zero-order chi connectivity index (χ0) is 20.3. The summed E-state index contributed by atoms with van der Waals surface area (Å²) in [5, 5.41) is 6.35. The average molecular weight is 380 g/mol. The molecule has 2 aromatic rings. The largest absolute Gasteiger partial charge is 0.374 e. The van der Waals surface area contributed by atoms with Gasteiger partial charge in [0.05, 0.1) is 0 Å². The van der Waals surface area contributed by atoms with Gasteiger partial charge in [0.15, 0.2) is 0 Å². The minimum Gasteiger partial charge on any atom is -0.374 e. The first-order valence-corrected chi connectivity index (χ1v) is 9.98. The molecule has 0 bridgehead atoms. The van der Waals surface area contributed by atoms with Crippen molar-refractivity contribution in [3.63, 3.8) is 0 Å². The van der Waals surface area contributed by atoms with E-state index in [4.69, 9.17) is 0 Å². The zero-order valence-corrected chi connectivity index (χ0v) is 17.1. The molecule has 5 heteroatoms. The van der Waals surface area contributed by atoms with E-state index in [1.807, 2.05) is 43.3 Å². The zero-order valence-electron chi connectivity index (χ0n) is 17.1. The molecule has 2 aromatic carbocycles. The molecule has 0 radical (unpaired) electrons. The van der Waals surface area contributed by atoms with Crippen molar-refractivity contribution in [2.45, 2.75) is 52.5 Å². The maximum atomic E-state index is 12.7. The molecule has 2 amide bonds. The van der Waals surface area contributed by atoms with Crippen molar-refractivity contribution in [2.75, 3.05) is 22.1 Å². The molecule has 0 aromatic heterocycles. The van der Waals surface area contributed by atoms with Crippen molar-refractivity contribution >= 4 is 28.9 Å². The van der Waals surface area contributed by atoms with Crippen molar-refractivity contribution in [3.8, 4) is 0 Å². The summed E-state index contributed by atoms with van der Waals surface area (Å²) in [6.45, 7) is 8.48. The second-order valence-corrected chi connectivity index (χ2v) is 7.52. The highest BCUT2D eigenvalue weighted by molar-refractivity contribution is 5.97. The molecule has 1 heterocycles. The fourth-order valence-corrected chi connectivity index (χ4v) is 3.64. The summed E-state index contributed by atoms with van der Waals surface area (Å²) in [4.78, 5) is 26.2. The van der Waals surface area contributed by atoms with Crippen molar-refractivity contribution in [3.05, 3.63) is 53.6 Å². The lowest BCUT2D eigenvalue weighted by molar-refractivity contribution is -0.117. The molecule has 0 saturated carbocycles. The minimum atomic E-state index is -0.381. The number of carbonyl (C=O) groups excluding carboxylic acids is 2. The normalized spacial score (nSPS) is 14.9. The molecule has 1 aliphatic rings. The van der Waals surface area contributed by atoms with Crippen LogP contribution >= 0.6 is 0 Å². The van der Waals surface area contributed by atoms with E-state index in [2.05, 4.69) is 30.5 Å². The summed E-state index contributed by atoms with van der Waals surface area (Å²) in [6, 6.07) is 13.5. The smallest absolute Gasteiger partial charge is 0.246 e. The number of para-hydroxylation sites is 1. The van der Waals surface area contributed by atoms with Gasteiger partial charge in [-0.1, -0.05) is 32.0 Å². The predicted octanol–water partition coefficient (Wildman–Crippen LogP) is 4.55. The SMILES string of the molecule is CCC(C)c1ccccc1NC(=O)C(C)Nc1ccc2c(c1)CCN2C(C)=O.